The second kappa shape index (κ2) is 7.18. The summed E-state index contributed by atoms with van der Waals surface area (Å²) in [6.45, 7) is 7.15. The third-order valence-corrected chi connectivity index (χ3v) is 3.37. The van der Waals surface area contributed by atoms with E-state index < -0.39 is 6.10 Å². The highest BCUT2D eigenvalue weighted by molar-refractivity contribution is 5.86. The minimum atomic E-state index is -0.503. The Bertz CT molecular complexity index is 590. The number of carbonyl (C=O) groups is 1. The zero-order valence-electron chi connectivity index (χ0n) is 12.9. The number of rotatable bonds is 7. The SMILES string of the molecule is CCOC(C(=O)Cc1cc(C)nn1CC)c1ccccc1. The van der Waals surface area contributed by atoms with Gasteiger partial charge in [0, 0.05) is 18.8 Å². The van der Waals surface area contributed by atoms with E-state index in [0.717, 1.165) is 23.5 Å². The molecule has 0 spiro atoms. The molecule has 0 aliphatic carbocycles. The number of carbonyl (C=O) groups excluding carboxylic acids is 1. The standard InChI is InChI=1S/C17H22N2O2/c1-4-19-15(11-13(3)18-19)12-16(20)17(21-5-2)14-9-7-6-8-10-14/h6-11,17H,4-5,12H2,1-3H3. The van der Waals surface area contributed by atoms with Gasteiger partial charge in [0.05, 0.1) is 12.1 Å². The van der Waals surface area contributed by atoms with Crippen LogP contribution in [0.5, 0.6) is 0 Å². The van der Waals surface area contributed by atoms with Crippen LogP contribution in [0.3, 0.4) is 0 Å². The summed E-state index contributed by atoms with van der Waals surface area (Å²) in [5.74, 6) is 0.0673. The lowest BCUT2D eigenvalue weighted by Crippen LogP contribution is -2.20. The fourth-order valence-corrected chi connectivity index (χ4v) is 2.46. The Balaban J connectivity index is 2.19. The first-order chi connectivity index (χ1) is 10.2. The highest BCUT2D eigenvalue weighted by atomic mass is 16.5. The van der Waals surface area contributed by atoms with Gasteiger partial charge in [-0.3, -0.25) is 9.48 Å². The maximum atomic E-state index is 12.6. The predicted octanol–water partition coefficient (Wildman–Crippen LogP) is 3.10. The van der Waals surface area contributed by atoms with Gasteiger partial charge in [0.2, 0.25) is 0 Å². The summed E-state index contributed by atoms with van der Waals surface area (Å²) in [6, 6.07) is 11.6. The van der Waals surface area contributed by atoms with Crippen molar-refractivity contribution in [3.05, 3.63) is 53.3 Å². The average molecular weight is 286 g/mol. The van der Waals surface area contributed by atoms with Gasteiger partial charge in [-0.05, 0) is 32.4 Å². The minimum Gasteiger partial charge on any atom is -0.366 e. The molecule has 0 saturated carbocycles. The molecule has 0 amide bonds. The van der Waals surface area contributed by atoms with E-state index in [4.69, 9.17) is 4.74 Å². The van der Waals surface area contributed by atoms with Gasteiger partial charge in [-0.1, -0.05) is 30.3 Å². The Labute approximate surface area is 125 Å². The first-order valence-electron chi connectivity index (χ1n) is 7.38. The van der Waals surface area contributed by atoms with E-state index in [0.29, 0.717) is 13.0 Å². The highest BCUT2D eigenvalue weighted by Gasteiger charge is 2.22. The quantitative estimate of drug-likeness (QED) is 0.785. The molecule has 0 aliphatic rings. The van der Waals surface area contributed by atoms with E-state index in [-0.39, 0.29) is 5.78 Å². The van der Waals surface area contributed by atoms with Crippen molar-refractivity contribution in [2.24, 2.45) is 0 Å². The Morgan fingerprint density at radius 3 is 2.62 bits per heavy atom. The van der Waals surface area contributed by atoms with E-state index in [2.05, 4.69) is 5.10 Å². The topological polar surface area (TPSA) is 44.1 Å². The van der Waals surface area contributed by atoms with Crippen molar-refractivity contribution in [2.45, 2.75) is 39.8 Å². The lowest BCUT2D eigenvalue weighted by Gasteiger charge is -2.16. The number of Topliss-reactive ketones (excluding diaryl/α,β-unsaturated/α-hetero) is 1. The number of aromatic nitrogens is 2. The van der Waals surface area contributed by atoms with Crippen LogP contribution in [-0.4, -0.2) is 22.2 Å². The Morgan fingerprint density at radius 2 is 2.00 bits per heavy atom. The predicted molar refractivity (Wildman–Crippen MR) is 82.2 cm³/mol. The van der Waals surface area contributed by atoms with Crippen LogP contribution in [-0.2, 0) is 22.5 Å². The van der Waals surface area contributed by atoms with Crippen molar-refractivity contribution in [1.82, 2.24) is 9.78 Å². The third-order valence-electron chi connectivity index (χ3n) is 3.37. The largest absolute Gasteiger partial charge is 0.366 e. The van der Waals surface area contributed by atoms with Gasteiger partial charge < -0.3 is 4.74 Å². The van der Waals surface area contributed by atoms with Gasteiger partial charge in [-0.25, -0.2) is 0 Å². The zero-order valence-corrected chi connectivity index (χ0v) is 12.9. The van der Waals surface area contributed by atoms with Gasteiger partial charge in [0.15, 0.2) is 5.78 Å². The fourth-order valence-electron chi connectivity index (χ4n) is 2.46. The molecular weight excluding hydrogens is 264 g/mol. The van der Waals surface area contributed by atoms with E-state index in [9.17, 15) is 4.79 Å². The van der Waals surface area contributed by atoms with Crippen LogP contribution in [0.1, 0.15) is 36.9 Å². The maximum absolute atomic E-state index is 12.6. The van der Waals surface area contributed by atoms with Gasteiger partial charge in [0.1, 0.15) is 6.10 Å². The monoisotopic (exact) mass is 286 g/mol. The van der Waals surface area contributed by atoms with Crippen LogP contribution in [0.2, 0.25) is 0 Å². The van der Waals surface area contributed by atoms with E-state index in [1.165, 1.54) is 0 Å². The summed E-state index contributed by atoms with van der Waals surface area (Å²) in [7, 11) is 0. The molecule has 2 aromatic rings. The van der Waals surface area contributed by atoms with Gasteiger partial charge in [-0.2, -0.15) is 5.10 Å². The summed E-state index contributed by atoms with van der Waals surface area (Å²) in [5, 5.41) is 4.38. The molecular formula is C17H22N2O2. The number of hydrogen-bond donors (Lipinski definition) is 0. The summed E-state index contributed by atoms with van der Waals surface area (Å²) >= 11 is 0. The molecule has 1 heterocycles. The molecule has 0 radical (unpaired) electrons. The number of ketones is 1. The number of aryl methyl sites for hydroxylation is 2. The Kier molecular flexibility index (Phi) is 5.28. The zero-order chi connectivity index (χ0) is 15.2. The molecule has 1 aromatic carbocycles. The van der Waals surface area contributed by atoms with Gasteiger partial charge in [-0.15, -0.1) is 0 Å². The van der Waals surface area contributed by atoms with Crippen LogP contribution in [0.25, 0.3) is 0 Å². The first kappa shape index (κ1) is 15.4. The molecule has 21 heavy (non-hydrogen) atoms. The molecule has 0 saturated heterocycles. The lowest BCUT2D eigenvalue weighted by molar-refractivity contribution is -0.130. The van der Waals surface area contributed by atoms with Crippen molar-refractivity contribution >= 4 is 5.78 Å². The van der Waals surface area contributed by atoms with Crippen LogP contribution in [0.15, 0.2) is 36.4 Å². The molecule has 4 nitrogen and oxygen atoms in total. The van der Waals surface area contributed by atoms with Crippen LogP contribution >= 0.6 is 0 Å². The third kappa shape index (κ3) is 3.79. The average Bonchev–Trinajstić information content (AvgIpc) is 2.85. The molecule has 112 valence electrons. The normalized spacial score (nSPS) is 12.3. The number of hydrogen-bond acceptors (Lipinski definition) is 3. The summed E-state index contributed by atoms with van der Waals surface area (Å²) < 4.78 is 7.54. The van der Waals surface area contributed by atoms with Crippen molar-refractivity contribution in [3.8, 4) is 0 Å². The van der Waals surface area contributed by atoms with Crippen LogP contribution in [0.4, 0.5) is 0 Å². The first-order valence-corrected chi connectivity index (χ1v) is 7.38. The molecule has 1 unspecified atom stereocenters. The van der Waals surface area contributed by atoms with Crippen LogP contribution in [0, 0.1) is 6.92 Å². The molecule has 1 aromatic heterocycles. The molecule has 1 atom stereocenters. The van der Waals surface area contributed by atoms with E-state index in [1.54, 1.807) is 0 Å². The van der Waals surface area contributed by atoms with Crippen molar-refractivity contribution in [3.63, 3.8) is 0 Å². The molecule has 0 bridgehead atoms. The number of benzene rings is 1. The molecule has 4 heteroatoms. The number of ether oxygens (including phenoxy) is 1. The van der Waals surface area contributed by atoms with E-state index >= 15 is 0 Å². The van der Waals surface area contributed by atoms with Crippen LogP contribution < -0.4 is 0 Å². The minimum absolute atomic E-state index is 0.0673. The molecule has 2 rings (SSSR count). The Morgan fingerprint density at radius 1 is 1.29 bits per heavy atom. The second-order valence-electron chi connectivity index (χ2n) is 4.98. The second-order valence-corrected chi connectivity index (χ2v) is 4.98. The number of nitrogens with zero attached hydrogens (tertiary/aromatic N) is 2. The van der Waals surface area contributed by atoms with E-state index in [1.807, 2.05) is 61.9 Å². The summed E-state index contributed by atoms with van der Waals surface area (Å²) in [5.41, 5.74) is 2.79. The molecule has 0 aliphatic heterocycles. The lowest BCUT2D eigenvalue weighted by atomic mass is 10.0. The summed E-state index contributed by atoms with van der Waals surface area (Å²) in [6.07, 6.45) is -0.162. The highest BCUT2D eigenvalue weighted by Crippen LogP contribution is 2.20. The fraction of sp³-hybridized carbons (Fsp3) is 0.412. The summed E-state index contributed by atoms with van der Waals surface area (Å²) in [4.78, 5) is 12.6. The van der Waals surface area contributed by atoms with Gasteiger partial charge in [0.25, 0.3) is 0 Å². The Hall–Kier alpha value is -1.94. The van der Waals surface area contributed by atoms with Crippen molar-refractivity contribution < 1.29 is 9.53 Å². The molecule has 0 fully saturated rings. The molecule has 0 N–H and O–H groups in total. The van der Waals surface area contributed by atoms with Gasteiger partial charge >= 0.3 is 0 Å². The van der Waals surface area contributed by atoms with Crippen molar-refractivity contribution in [2.75, 3.05) is 6.61 Å². The smallest absolute Gasteiger partial charge is 0.172 e. The van der Waals surface area contributed by atoms with Crippen molar-refractivity contribution in [1.29, 1.82) is 0 Å². The maximum Gasteiger partial charge on any atom is 0.172 e.